The molecule has 2 rings (SSSR count). The number of carbonyl (C=O) groups is 1. The second-order valence-electron chi connectivity index (χ2n) is 4.83. The Morgan fingerprint density at radius 2 is 1.81 bits per heavy atom. The van der Waals surface area contributed by atoms with Gasteiger partial charge in [-0.15, -0.1) is 0 Å². The average Bonchev–Trinajstić information content (AvgIpc) is 2.57. The third-order valence-electron chi connectivity index (χ3n) is 2.94. The summed E-state index contributed by atoms with van der Waals surface area (Å²) in [5.74, 6) is -1.67. The largest absolute Gasteiger partial charge is 0.468 e. The summed E-state index contributed by atoms with van der Waals surface area (Å²) in [5, 5.41) is -0.830. The van der Waals surface area contributed by atoms with Crippen LogP contribution in [0.25, 0.3) is 11.5 Å². The highest BCUT2D eigenvalue weighted by Crippen LogP contribution is 2.35. The summed E-state index contributed by atoms with van der Waals surface area (Å²) in [6.45, 7) is 0. The fourth-order valence-electron chi connectivity index (χ4n) is 1.70. The predicted octanol–water partition coefficient (Wildman–Crippen LogP) is 4.49. The van der Waals surface area contributed by atoms with Gasteiger partial charge in [-0.25, -0.2) is 9.97 Å². The Balaban J connectivity index is 2.50. The molecule has 2 aromatic heterocycles. The quantitative estimate of drug-likeness (QED) is 0.307. The minimum absolute atomic E-state index is 0.254. The molecule has 0 amide bonds. The van der Waals surface area contributed by atoms with Crippen molar-refractivity contribution in [2.75, 3.05) is 12.9 Å². The number of nitrogens with zero attached hydrogens (tertiary/aromatic N) is 3. The molecule has 2 aromatic rings. The maximum atomic E-state index is 13.1. The Kier molecular flexibility index (Phi) is 6.20. The molecule has 0 unspecified atom stereocenters. The smallest absolute Gasteiger partial charge is 0.433 e. The first-order valence-electron chi connectivity index (χ1n) is 6.81. The third kappa shape index (κ3) is 5.45. The molecule has 0 spiro atoms. The summed E-state index contributed by atoms with van der Waals surface area (Å²) in [7, 11) is 1.10. The second kappa shape index (κ2) is 7.89. The molecule has 0 aromatic carbocycles. The van der Waals surface area contributed by atoms with Crippen LogP contribution in [0, 0.1) is 0 Å². The van der Waals surface area contributed by atoms with Crippen LogP contribution in [0.4, 0.5) is 26.3 Å². The highest BCUT2D eigenvalue weighted by atomic mass is 35.5. The van der Waals surface area contributed by atoms with Crippen LogP contribution in [0.1, 0.15) is 11.3 Å². The Bertz CT molecular complexity index is 860. The van der Waals surface area contributed by atoms with Crippen molar-refractivity contribution >= 4 is 29.3 Å². The van der Waals surface area contributed by atoms with E-state index in [4.69, 9.17) is 11.6 Å². The van der Waals surface area contributed by atoms with Crippen LogP contribution < -0.4 is 0 Å². The number of ether oxygens (including phenoxy) is 1. The fourth-order valence-corrected chi connectivity index (χ4v) is 2.68. The molecule has 13 heteroatoms. The van der Waals surface area contributed by atoms with E-state index >= 15 is 0 Å². The number of hydrogen-bond donors (Lipinski definition) is 0. The lowest BCUT2D eigenvalue weighted by molar-refractivity contribution is -0.141. The van der Waals surface area contributed by atoms with Gasteiger partial charge in [0, 0.05) is 12.3 Å². The molecule has 2 heterocycles. The van der Waals surface area contributed by atoms with Gasteiger partial charge in [-0.3, -0.25) is 9.78 Å². The van der Waals surface area contributed by atoms with E-state index in [1.807, 2.05) is 0 Å². The van der Waals surface area contributed by atoms with E-state index in [0.717, 1.165) is 7.11 Å². The van der Waals surface area contributed by atoms with E-state index in [0.29, 0.717) is 30.1 Å². The lowest BCUT2D eigenvalue weighted by Crippen LogP contribution is -2.12. The zero-order chi connectivity index (χ0) is 20.4. The van der Waals surface area contributed by atoms with Crippen LogP contribution in [0.2, 0.25) is 5.02 Å². The van der Waals surface area contributed by atoms with E-state index in [-0.39, 0.29) is 10.8 Å². The van der Waals surface area contributed by atoms with Crippen LogP contribution >= 0.6 is 23.4 Å². The van der Waals surface area contributed by atoms with Gasteiger partial charge in [-0.1, -0.05) is 23.4 Å². The molecule has 0 saturated carbocycles. The van der Waals surface area contributed by atoms with E-state index in [1.165, 1.54) is 0 Å². The standard InChI is InChI=1S/C14H8ClF6N3O2S/c1-26-10(25)5-27-9-3-8(14(19,20)21)23-12(24-9)11-7(15)2-6(4-22-11)13(16,17)18/h2-4H,5H2,1H3. The molecule has 5 nitrogen and oxygen atoms in total. The lowest BCUT2D eigenvalue weighted by Gasteiger charge is -2.12. The SMILES string of the molecule is COC(=O)CSc1cc(C(F)(F)F)nc(-c2ncc(C(F)(F)F)cc2Cl)n1. The molecule has 27 heavy (non-hydrogen) atoms. The summed E-state index contributed by atoms with van der Waals surface area (Å²) in [6, 6.07) is 1.10. The minimum Gasteiger partial charge on any atom is -0.468 e. The van der Waals surface area contributed by atoms with Crippen molar-refractivity contribution < 1.29 is 35.9 Å². The molecule has 146 valence electrons. The van der Waals surface area contributed by atoms with Gasteiger partial charge in [0.1, 0.15) is 16.4 Å². The summed E-state index contributed by atoms with van der Waals surface area (Å²) in [4.78, 5) is 21.7. The first-order chi connectivity index (χ1) is 12.4. The van der Waals surface area contributed by atoms with Gasteiger partial charge in [-0.2, -0.15) is 26.3 Å². The zero-order valence-electron chi connectivity index (χ0n) is 13.2. The molecule has 0 fully saturated rings. The Hall–Kier alpha value is -2.08. The molecule has 0 aliphatic rings. The van der Waals surface area contributed by atoms with E-state index < -0.39 is 46.1 Å². The normalized spacial score (nSPS) is 12.1. The molecule has 0 aliphatic carbocycles. The van der Waals surface area contributed by atoms with Crippen LogP contribution in [-0.4, -0.2) is 33.8 Å². The number of halogens is 7. The fraction of sp³-hybridized carbons (Fsp3) is 0.286. The Labute approximate surface area is 157 Å². The van der Waals surface area contributed by atoms with Gasteiger partial charge in [0.15, 0.2) is 5.82 Å². The number of carbonyl (C=O) groups excluding carboxylic acids is 1. The summed E-state index contributed by atoms with van der Waals surface area (Å²) < 4.78 is 81.6. The summed E-state index contributed by atoms with van der Waals surface area (Å²) in [5.41, 5.74) is -3.00. The van der Waals surface area contributed by atoms with Crippen LogP contribution in [0.3, 0.4) is 0 Å². The van der Waals surface area contributed by atoms with E-state index in [2.05, 4.69) is 19.7 Å². The number of methoxy groups -OCH3 is 1. The first-order valence-corrected chi connectivity index (χ1v) is 8.17. The van der Waals surface area contributed by atoms with Gasteiger partial charge < -0.3 is 4.74 Å². The third-order valence-corrected chi connectivity index (χ3v) is 4.11. The molecular weight excluding hydrogens is 424 g/mol. The number of thioether (sulfide) groups is 1. The monoisotopic (exact) mass is 431 g/mol. The van der Waals surface area contributed by atoms with Gasteiger partial charge in [0.05, 0.1) is 23.4 Å². The molecule has 0 saturated heterocycles. The van der Waals surface area contributed by atoms with Crippen molar-refractivity contribution in [2.45, 2.75) is 17.4 Å². The molecule has 0 N–H and O–H groups in total. The Morgan fingerprint density at radius 3 is 2.33 bits per heavy atom. The predicted molar refractivity (Wildman–Crippen MR) is 83.0 cm³/mol. The molecule has 0 bridgehead atoms. The lowest BCUT2D eigenvalue weighted by atomic mass is 10.2. The molecule has 0 radical (unpaired) electrons. The number of aromatic nitrogens is 3. The van der Waals surface area contributed by atoms with Gasteiger partial charge >= 0.3 is 18.3 Å². The number of pyridine rings is 1. The van der Waals surface area contributed by atoms with Gasteiger partial charge in [-0.05, 0) is 6.07 Å². The highest BCUT2D eigenvalue weighted by molar-refractivity contribution is 7.99. The number of rotatable bonds is 4. The number of esters is 1. The van der Waals surface area contributed by atoms with Crippen LogP contribution in [0.15, 0.2) is 23.4 Å². The molecule has 0 aliphatic heterocycles. The maximum absolute atomic E-state index is 13.1. The van der Waals surface area contributed by atoms with E-state index in [1.54, 1.807) is 0 Å². The van der Waals surface area contributed by atoms with Gasteiger partial charge in [0.25, 0.3) is 0 Å². The molecule has 0 atom stereocenters. The van der Waals surface area contributed by atoms with Crippen molar-refractivity contribution in [1.82, 2.24) is 15.0 Å². The van der Waals surface area contributed by atoms with E-state index in [9.17, 15) is 31.1 Å². The molecular formula is C14H8ClF6N3O2S. The topological polar surface area (TPSA) is 65.0 Å². The summed E-state index contributed by atoms with van der Waals surface area (Å²) in [6.07, 6.45) is -9.19. The van der Waals surface area contributed by atoms with Crippen LogP contribution in [0.5, 0.6) is 0 Å². The summed E-state index contributed by atoms with van der Waals surface area (Å²) >= 11 is 6.36. The first kappa shape index (κ1) is 21.2. The van der Waals surface area contributed by atoms with Crippen LogP contribution in [-0.2, 0) is 21.9 Å². The van der Waals surface area contributed by atoms with Crippen molar-refractivity contribution in [3.05, 3.63) is 34.6 Å². The van der Waals surface area contributed by atoms with Crippen molar-refractivity contribution in [3.8, 4) is 11.5 Å². The maximum Gasteiger partial charge on any atom is 0.433 e. The zero-order valence-corrected chi connectivity index (χ0v) is 14.7. The second-order valence-corrected chi connectivity index (χ2v) is 6.23. The minimum atomic E-state index is -4.86. The average molecular weight is 432 g/mol. The van der Waals surface area contributed by atoms with Gasteiger partial charge in [0.2, 0.25) is 0 Å². The highest BCUT2D eigenvalue weighted by Gasteiger charge is 2.35. The number of alkyl halides is 6. The van der Waals surface area contributed by atoms with Crippen molar-refractivity contribution in [3.63, 3.8) is 0 Å². The van der Waals surface area contributed by atoms with Crippen molar-refractivity contribution in [1.29, 1.82) is 0 Å². The van der Waals surface area contributed by atoms with Crippen molar-refractivity contribution in [2.24, 2.45) is 0 Å². The Morgan fingerprint density at radius 1 is 1.15 bits per heavy atom. The number of hydrogen-bond acceptors (Lipinski definition) is 6.